The van der Waals surface area contributed by atoms with Gasteiger partial charge in [-0.2, -0.15) is 0 Å². The number of carbonyl (C=O) groups is 2. The number of methoxy groups -OCH3 is 1. The molecule has 0 aliphatic heterocycles. The van der Waals surface area contributed by atoms with Crippen LogP contribution in [0.4, 0.5) is 0 Å². The van der Waals surface area contributed by atoms with Crippen LogP contribution in [0, 0.1) is 6.92 Å². The molecule has 0 aliphatic rings. The Morgan fingerprint density at radius 3 is 2.58 bits per heavy atom. The van der Waals surface area contributed by atoms with Gasteiger partial charge in [-0.05, 0) is 66.8 Å². The Balaban J connectivity index is 1.52. The van der Waals surface area contributed by atoms with E-state index in [1.54, 1.807) is 7.11 Å². The number of H-pyrrole nitrogens is 1. The topological polar surface area (TPSA) is 84.1 Å². The number of hydrogen-bond donors (Lipinski definition) is 2. The SMILES string of the molecule is CCC(=O)CCCCC[C@H](NC(=O)Cc1c(C)[nH]c2ccc(OC)cc12)c1cc(-c2ccccc2)ccn1. The average Bonchev–Trinajstić information content (AvgIpc) is 3.26. The lowest BCUT2D eigenvalue weighted by Gasteiger charge is -2.19. The Morgan fingerprint density at radius 2 is 1.82 bits per heavy atom. The summed E-state index contributed by atoms with van der Waals surface area (Å²) in [4.78, 5) is 33.1. The number of amides is 1. The van der Waals surface area contributed by atoms with Crippen LogP contribution >= 0.6 is 0 Å². The van der Waals surface area contributed by atoms with Crippen molar-refractivity contribution in [1.82, 2.24) is 15.3 Å². The number of pyridine rings is 1. The minimum atomic E-state index is -0.215. The van der Waals surface area contributed by atoms with Crippen molar-refractivity contribution in [3.8, 4) is 16.9 Å². The molecule has 6 nitrogen and oxygen atoms in total. The number of nitrogens with one attached hydrogen (secondary N) is 2. The summed E-state index contributed by atoms with van der Waals surface area (Å²) in [5.74, 6) is 1.02. The summed E-state index contributed by atoms with van der Waals surface area (Å²) in [7, 11) is 1.65. The van der Waals surface area contributed by atoms with Crippen molar-refractivity contribution in [1.29, 1.82) is 0 Å². The lowest BCUT2D eigenvalue weighted by Crippen LogP contribution is -2.30. The molecule has 0 bridgehead atoms. The number of carbonyl (C=O) groups excluding carboxylic acids is 2. The van der Waals surface area contributed by atoms with Crippen molar-refractivity contribution in [3.05, 3.63) is 83.8 Å². The molecule has 0 saturated carbocycles. The maximum atomic E-state index is 13.4. The summed E-state index contributed by atoms with van der Waals surface area (Å²) in [5, 5.41) is 4.27. The van der Waals surface area contributed by atoms with Gasteiger partial charge in [0, 0.05) is 35.6 Å². The molecule has 0 unspecified atom stereocenters. The number of benzene rings is 2. The number of ether oxygens (including phenoxy) is 1. The molecule has 0 saturated heterocycles. The molecule has 2 heterocycles. The van der Waals surface area contributed by atoms with E-state index < -0.39 is 0 Å². The second-order valence-electron chi connectivity index (χ2n) is 9.76. The highest BCUT2D eigenvalue weighted by atomic mass is 16.5. The van der Waals surface area contributed by atoms with E-state index in [0.717, 1.165) is 70.4 Å². The minimum absolute atomic E-state index is 0.0464. The van der Waals surface area contributed by atoms with Crippen molar-refractivity contribution in [2.24, 2.45) is 0 Å². The maximum absolute atomic E-state index is 13.4. The van der Waals surface area contributed by atoms with Crippen LogP contribution in [0.3, 0.4) is 0 Å². The molecule has 1 atom stereocenters. The minimum Gasteiger partial charge on any atom is -0.497 e. The number of aryl methyl sites for hydroxylation is 1. The highest BCUT2D eigenvalue weighted by Crippen LogP contribution is 2.28. The Hall–Kier alpha value is -3.93. The Bertz CT molecular complexity index is 1380. The first-order valence-corrected chi connectivity index (χ1v) is 13.5. The molecule has 2 aromatic heterocycles. The quantitative estimate of drug-likeness (QED) is 0.192. The van der Waals surface area contributed by atoms with Crippen molar-refractivity contribution in [2.75, 3.05) is 7.11 Å². The Morgan fingerprint density at radius 1 is 1.00 bits per heavy atom. The predicted molar refractivity (Wildman–Crippen MR) is 152 cm³/mol. The van der Waals surface area contributed by atoms with Crippen molar-refractivity contribution in [3.63, 3.8) is 0 Å². The van der Waals surface area contributed by atoms with Gasteiger partial charge in [-0.25, -0.2) is 0 Å². The summed E-state index contributed by atoms with van der Waals surface area (Å²) in [6.07, 6.45) is 6.78. The van der Waals surface area contributed by atoms with Crippen LogP contribution in [0.1, 0.15) is 68.4 Å². The fourth-order valence-corrected chi connectivity index (χ4v) is 4.89. The van der Waals surface area contributed by atoms with E-state index in [1.165, 1.54) is 0 Å². The standard InChI is InChI=1S/C32H37N3O3/c1-4-25(36)13-9-6-10-14-30(31-19-24(17-18-33-31)23-11-7-5-8-12-23)35-32(37)21-27-22(2)34-29-16-15-26(38-3)20-28(27)29/h5,7-8,11-12,15-20,30,34H,4,6,9-10,13-14,21H2,1-3H3,(H,35,37)/t30-/m0/s1. The van der Waals surface area contributed by atoms with Crippen LogP contribution in [-0.2, 0) is 16.0 Å². The molecule has 0 spiro atoms. The van der Waals surface area contributed by atoms with Gasteiger partial charge in [0.15, 0.2) is 0 Å². The van der Waals surface area contributed by atoms with Gasteiger partial charge in [-0.1, -0.05) is 50.1 Å². The zero-order valence-electron chi connectivity index (χ0n) is 22.5. The van der Waals surface area contributed by atoms with Crippen LogP contribution in [0.5, 0.6) is 5.75 Å². The van der Waals surface area contributed by atoms with Crippen LogP contribution in [-0.4, -0.2) is 28.8 Å². The molecule has 2 aromatic carbocycles. The van der Waals surface area contributed by atoms with E-state index in [4.69, 9.17) is 4.74 Å². The van der Waals surface area contributed by atoms with Gasteiger partial charge in [0.2, 0.25) is 5.91 Å². The number of ketones is 1. The monoisotopic (exact) mass is 511 g/mol. The van der Waals surface area contributed by atoms with Crippen molar-refractivity contribution < 1.29 is 14.3 Å². The number of Topliss-reactive ketones (excluding diaryl/α,β-unsaturated/α-hetero) is 1. The fourth-order valence-electron chi connectivity index (χ4n) is 4.89. The van der Waals surface area contributed by atoms with Crippen LogP contribution < -0.4 is 10.1 Å². The lowest BCUT2D eigenvalue weighted by atomic mass is 9.99. The number of aromatic nitrogens is 2. The van der Waals surface area contributed by atoms with Gasteiger partial charge < -0.3 is 15.0 Å². The largest absolute Gasteiger partial charge is 0.497 e. The molecule has 2 N–H and O–H groups in total. The van der Waals surface area contributed by atoms with Gasteiger partial charge >= 0.3 is 0 Å². The van der Waals surface area contributed by atoms with Crippen LogP contribution in [0.25, 0.3) is 22.0 Å². The third kappa shape index (κ3) is 6.88. The summed E-state index contributed by atoms with van der Waals surface area (Å²) < 4.78 is 5.40. The van der Waals surface area contributed by atoms with Gasteiger partial charge in [0.1, 0.15) is 11.5 Å². The smallest absolute Gasteiger partial charge is 0.225 e. The van der Waals surface area contributed by atoms with Crippen LogP contribution in [0.2, 0.25) is 0 Å². The van der Waals surface area contributed by atoms with Gasteiger partial charge in [0.25, 0.3) is 0 Å². The Labute approximate surface area is 224 Å². The molecule has 198 valence electrons. The first-order chi connectivity index (χ1) is 18.5. The third-order valence-electron chi connectivity index (χ3n) is 7.09. The van der Waals surface area contributed by atoms with Crippen molar-refractivity contribution >= 4 is 22.6 Å². The number of aromatic amines is 1. The van der Waals surface area contributed by atoms with Gasteiger partial charge in [0.05, 0.1) is 25.3 Å². The molecule has 0 fully saturated rings. The Kier molecular flexibility index (Phi) is 9.30. The van der Waals surface area contributed by atoms with Gasteiger partial charge in [-0.3, -0.25) is 14.6 Å². The summed E-state index contributed by atoms with van der Waals surface area (Å²) in [6.45, 7) is 3.90. The molecular formula is C32H37N3O3. The highest BCUT2D eigenvalue weighted by molar-refractivity contribution is 5.91. The number of rotatable bonds is 13. The van der Waals surface area contributed by atoms with Crippen LogP contribution in [0.15, 0.2) is 66.9 Å². The number of nitrogens with zero attached hydrogens (tertiary/aromatic N) is 1. The molecule has 0 aliphatic carbocycles. The molecule has 4 aromatic rings. The maximum Gasteiger partial charge on any atom is 0.225 e. The molecule has 4 rings (SSSR count). The van der Waals surface area contributed by atoms with E-state index >= 15 is 0 Å². The summed E-state index contributed by atoms with van der Waals surface area (Å²) in [6, 6.07) is 19.9. The first-order valence-electron chi connectivity index (χ1n) is 13.5. The average molecular weight is 512 g/mol. The predicted octanol–water partition coefficient (Wildman–Crippen LogP) is 6.88. The molecule has 0 radical (unpaired) electrons. The lowest BCUT2D eigenvalue weighted by molar-refractivity contribution is -0.121. The second-order valence-corrected chi connectivity index (χ2v) is 9.76. The third-order valence-corrected chi connectivity index (χ3v) is 7.09. The summed E-state index contributed by atoms with van der Waals surface area (Å²) >= 11 is 0. The van der Waals surface area contributed by atoms with E-state index in [-0.39, 0.29) is 18.4 Å². The van der Waals surface area contributed by atoms with E-state index in [0.29, 0.717) is 18.6 Å². The zero-order chi connectivity index (χ0) is 26.9. The molecule has 6 heteroatoms. The van der Waals surface area contributed by atoms with E-state index in [9.17, 15) is 9.59 Å². The number of unbranched alkanes of at least 4 members (excludes halogenated alkanes) is 2. The molecule has 38 heavy (non-hydrogen) atoms. The highest BCUT2D eigenvalue weighted by Gasteiger charge is 2.19. The fraction of sp³-hybridized carbons (Fsp3) is 0.344. The summed E-state index contributed by atoms with van der Waals surface area (Å²) in [5.41, 5.74) is 5.97. The molecule has 1 amide bonds. The first kappa shape index (κ1) is 27.1. The van der Waals surface area contributed by atoms with E-state index in [1.807, 2.05) is 62.5 Å². The van der Waals surface area contributed by atoms with Gasteiger partial charge in [-0.15, -0.1) is 0 Å². The zero-order valence-corrected chi connectivity index (χ0v) is 22.5. The normalized spacial score (nSPS) is 11.9. The second kappa shape index (κ2) is 13.0. The van der Waals surface area contributed by atoms with Crippen molar-refractivity contribution in [2.45, 2.75) is 64.8 Å². The molecular weight excluding hydrogens is 474 g/mol. The van der Waals surface area contributed by atoms with E-state index in [2.05, 4.69) is 33.5 Å². The number of hydrogen-bond acceptors (Lipinski definition) is 4. The number of fused-ring (bicyclic) bond motifs is 1.